The fourth-order valence-corrected chi connectivity index (χ4v) is 2.99. The molecule has 0 unspecified atom stereocenters. The summed E-state index contributed by atoms with van der Waals surface area (Å²) in [7, 11) is 0. The second-order valence-corrected chi connectivity index (χ2v) is 11.1. The highest BCUT2D eigenvalue weighted by molar-refractivity contribution is 5.23. The lowest BCUT2D eigenvalue weighted by molar-refractivity contribution is 0.363. The fraction of sp³-hybridized carbons (Fsp3) is 0.727. The van der Waals surface area contributed by atoms with Gasteiger partial charge in [-0.3, -0.25) is 5.10 Å². The van der Waals surface area contributed by atoms with Gasteiger partial charge in [0.05, 0.1) is 11.4 Å². The van der Waals surface area contributed by atoms with Gasteiger partial charge in [0.15, 0.2) is 0 Å². The van der Waals surface area contributed by atoms with E-state index in [4.69, 9.17) is 4.98 Å². The molecule has 0 bridgehead atoms. The van der Waals surface area contributed by atoms with Crippen molar-refractivity contribution in [1.82, 2.24) is 20.2 Å². The molecule has 2 aromatic heterocycles. The van der Waals surface area contributed by atoms with Crippen molar-refractivity contribution in [2.45, 2.75) is 104 Å². The topological polar surface area (TPSA) is 57.4 Å². The summed E-state index contributed by atoms with van der Waals surface area (Å²) in [4.78, 5) is 8.26. The van der Waals surface area contributed by atoms with Crippen LogP contribution in [0.2, 0.25) is 0 Å². The number of imidazole rings is 1. The summed E-state index contributed by atoms with van der Waals surface area (Å²) in [6, 6.07) is 2.24. The molecule has 0 atom stereocenters. The largest absolute Gasteiger partial charge is 0.348 e. The van der Waals surface area contributed by atoms with Crippen molar-refractivity contribution in [3.63, 3.8) is 0 Å². The van der Waals surface area contributed by atoms with Crippen LogP contribution in [0.4, 0.5) is 0 Å². The minimum atomic E-state index is 0.0282. The summed E-state index contributed by atoms with van der Waals surface area (Å²) in [6.07, 6.45) is 4.21. The molecule has 0 amide bonds. The third kappa shape index (κ3) is 4.57. The van der Waals surface area contributed by atoms with Gasteiger partial charge >= 0.3 is 0 Å². The Morgan fingerprint density at radius 2 is 1.31 bits per heavy atom. The van der Waals surface area contributed by atoms with Gasteiger partial charge in [-0.1, -0.05) is 69.2 Å². The van der Waals surface area contributed by atoms with Crippen molar-refractivity contribution in [2.24, 2.45) is 0 Å². The zero-order valence-electron chi connectivity index (χ0n) is 18.5. The Morgan fingerprint density at radius 1 is 0.769 bits per heavy atom. The molecule has 0 aliphatic carbocycles. The molecule has 0 spiro atoms. The summed E-state index contributed by atoms with van der Waals surface area (Å²) >= 11 is 0. The van der Waals surface area contributed by atoms with Gasteiger partial charge in [-0.05, 0) is 18.9 Å². The average molecular weight is 359 g/mol. The molecule has 0 aliphatic heterocycles. The van der Waals surface area contributed by atoms with E-state index < -0.39 is 0 Å². The van der Waals surface area contributed by atoms with Gasteiger partial charge in [0.2, 0.25) is 0 Å². The van der Waals surface area contributed by atoms with E-state index >= 15 is 0 Å². The van der Waals surface area contributed by atoms with Crippen molar-refractivity contribution in [2.75, 3.05) is 0 Å². The first-order chi connectivity index (χ1) is 11.6. The van der Waals surface area contributed by atoms with Gasteiger partial charge < -0.3 is 4.98 Å². The van der Waals surface area contributed by atoms with Crippen LogP contribution in [-0.4, -0.2) is 20.2 Å². The normalized spacial score (nSPS) is 14.1. The molecule has 2 aromatic rings. The molecule has 146 valence electrons. The zero-order valence-corrected chi connectivity index (χ0v) is 18.5. The van der Waals surface area contributed by atoms with E-state index in [0.29, 0.717) is 0 Å². The highest BCUT2D eigenvalue weighted by Gasteiger charge is 2.32. The molecular weight excluding hydrogens is 320 g/mol. The lowest BCUT2D eigenvalue weighted by atomic mass is 9.75. The molecule has 26 heavy (non-hydrogen) atoms. The van der Waals surface area contributed by atoms with Crippen molar-refractivity contribution in [1.29, 1.82) is 0 Å². The Hall–Kier alpha value is -1.58. The number of hydrogen-bond donors (Lipinski definition) is 2. The smallest absolute Gasteiger partial charge is 0.111 e. The first-order valence-corrected chi connectivity index (χ1v) is 9.76. The summed E-state index contributed by atoms with van der Waals surface area (Å²) in [5.41, 5.74) is 3.69. The molecule has 0 aromatic carbocycles. The Balaban J connectivity index is 2.12. The molecule has 2 N–H and O–H groups in total. The van der Waals surface area contributed by atoms with E-state index in [1.165, 1.54) is 5.69 Å². The quantitative estimate of drug-likeness (QED) is 0.713. The van der Waals surface area contributed by atoms with Crippen LogP contribution in [0.3, 0.4) is 0 Å². The number of H-pyrrole nitrogens is 2. The van der Waals surface area contributed by atoms with Crippen LogP contribution in [0.1, 0.15) is 105 Å². The number of nitrogens with one attached hydrogen (secondary N) is 2. The maximum absolute atomic E-state index is 4.89. The van der Waals surface area contributed by atoms with E-state index in [0.717, 1.165) is 30.1 Å². The Labute approximate surface area is 159 Å². The van der Waals surface area contributed by atoms with Crippen LogP contribution in [0, 0.1) is 0 Å². The number of nitrogens with zero attached hydrogens (tertiary/aromatic N) is 2. The minimum Gasteiger partial charge on any atom is -0.348 e. The van der Waals surface area contributed by atoms with Crippen molar-refractivity contribution in [3.05, 3.63) is 35.2 Å². The first-order valence-electron chi connectivity index (χ1n) is 9.76. The van der Waals surface area contributed by atoms with Crippen LogP contribution in [0.15, 0.2) is 12.3 Å². The number of aromatic amines is 2. The second-order valence-electron chi connectivity index (χ2n) is 11.1. The lowest BCUT2D eigenvalue weighted by Crippen LogP contribution is -2.25. The van der Waals surface area contributed by atoms with E-state index in [1.54, 1.807) is 0 Å². The molecule has 2 rings (SSSR count). The van der Waals surface area contributed by atoms with Crippen LogP contribution in [0.5, 0.6) is 0 Å². The van der Waals surface area contributed by atoms with E-state index in [9.17, 15) is 0 Å². The monoisotopic (exact) mass is 358 g/mol. The molecule has 0 radical (unpaired) electrons. The second kappa shape index (κ2) is 6.54. The van der Waals surface area contributed by atoms with E-state index in [2.05, 4.69) is 96.7 Å². The molecule has 0 saturated carbocycles. The standard InChI is InChI=1S/C22H38N4/c1-19(2,3)15-13-16(26-25-15)21(7,8)11-12-22(9,10)17-14-23-18(24-17)20(4,5)6/h13-14H,11-12H2,1-10H3,(H,23,24)(H,25,26). The van der Waals surface area contributed by atoms with Gasteiger partial charge in [0, 0.05) is 33.6 Å². The molecule has 0 fully saturated rings. The van der Waals surface area contributed by atoms with Crippen LogP contribution in [0.25, 0.3) is 0 Å². The SMILES string of the molecule is CC(C)(C)c1cc(C(C)(C)CCC(C)(C)c2c[nH]c(C(C)(C)C)n2)n[nH]1. The van der Waals surface area contributed by atoms with Crippen LogP contribution in [-0.2, 0) is 21.7 Å². The zero-order chi connectivity index (χ0) is 20.0. The average Bonchev–Trinajstić information content (AvgIpc) is 3.13. The Kier molecular flexibility index (Phi) is 5.22. The van der Waals surface area contributed by atoms with Crippen LogP contribution < -0.4 is 0 Å². The molecule has 0 aliphatic rings. The maximum atomic E-state index is 4.89. The minimum absolute atomic E-state index is 0.0282. The lowest BCUT2D eigenvalue weighted by Gasteiger charge is -2.29. The van der Waals surface area contributed by atoms with Gasteiger partial charge in [-0.25, -0.2) is 4.98 Å². The Bertz CT molecular complexity index is 669. The van der Waals surface area contributed by atoms with Crippen molar-refractivity contribution < 1.29 is 0 Å². The molecule has 4 heteroatoms. The summed E-state index contributed by atoms with van der Waals surface area (Å²) in [5.74, 6) is 1.06. The van der Waals surface area contributed by atoms with Crippen LogP contribution >= 0.6 is 0 Å². The van der Waals surface area contributed by atoms with Crippen molar-refractivity contribution in [3.8, 4) is 0 Å². The van der Waals surface area contributed by atoms with E-state index in [-0.39, 0.29) is 21.7 Å². The molecular formula is C22H38N4. The number of rotatable bonds is 5. The predicted molar refractivity (Wildman–Crippen MR) is 110 cm³/mol. The molecule has 2 heterocycles. The van der Waals surface area contributed by atoms with Gasteiger partial charge in [0.1, 0.15) is 5.82 Å². The number of aromatic nitrogens is 4. The van der Waals surface area contributed by atoms with Crippen molar-refractivity contribution >= 4 is 0 Å². The highest BCUT2D eigenvalue weighted by Crippen LogP contribution is 2.36. The molecule has 0 saturated heterocycles. The Morgan fingerprint density at radius 3 is 1.73 bits per heavy atom. The summed E-state index contributed by atoms with van der Waals surface area (Å²) < 4.78 is 0. The third-order valence-electron chi connectivity index (χ3n) is 5.44. The summed E-state index contributed by atoms with van der Waals surface area (Å²) in [5, 5.41) is 7.85. The molecule has 4 nitrogen and oxygen atoms in total. The maximum Gasteiger partial charge on any atom is 0.111 e. The number of hydrogen-bond acceptors (Lipinski definition) is 2. The van der Waals surface area contributed by atoms with Gasteiger partial charge in [-0.15, -0.1) is 0 Å². The third-order valence-corrected chi connectivity index (χ3v) is 5.44. The summed E-state index contributed by atoms with van der Waals surface area (Å²) in [6.45, 7) is 22.4. The fourth-order valence-electron chi connectivity index (χ4n) is 2.99. The highest BCUT2D eigenvalue weighted by atomic mass is 15.1. The van der Waals surface area contributed by atoms with Gasteiger partial charge in [-0.2, -0.15) is 5.10 Å². The van der Waals surface area contributed by atoms with Gasteiger partial charge in [0.25, 0.3) is 0 Å². The predicted octanol–water partition coefficient (Wildman–Crippen LogP) is 5.76. The first kappa shape index (κ1) is 20.7. The van der Waals surface area contributed by atoms with E-state index in [1.807, 2.05) is 0 Å².